The number of carbonyl (C=O) groups excluding carboxylic acids is 1. The number of carbonyl (C=O) groups is 1. The van der Waals surface area contributed by atoms with Gasteiger partial charge in [0.05, 0.1) is 24.8 Å². The van der Waals surface area contributed by atoms with Gasteiger partial charge in [-0.15, -0.1) is 0 Å². The van der Waals surface area contributed by atoms with Crippen LogP contribution in [0.1, 0.15) is 5.56 Å². The van der Waals surface area contributed by atoms with Crippen LogP contribution in [0.15, 0.2) is 76.1 Å². The van der Waals surface area contributed by atoms with Crippen molar-refractivity contribution < 1.29 is 22.7 Å². The zero-order valence-corrected chi connectivity index (χ0v) is 20.2. The molecule has 0 saturated carbocycles. The predicted molar refractivity (Wildman–Crippen MR) is 128 cm³/mol. The van der Waals surface area contributed by atoms with Crippen LogP contribution in [0, 0.1) is 6.92 Å². The molecule has 0 fully saturated rings. The normalized spacial score (nSPS) is 11.0. The molecule has 32 heavy (non-hydrogen) atoms. The summed E-state index contributed by atoms with van der Waals surface area (Å²) >= 11 is 3.42. The number of para-hydroxylation sites is 2. The molecule has 0 unspecified atom stereocenters. The van der Waals surface area contributed by atoms with Gasteiger partial charge in [0.1, 0.15) is 18.0 Å². The molecular formula is C23H23BrN2O5S. The Balaban J connectivity index is 1.98. The molecule has 0 bridgehead atoms. The number of rotatable bonds is 8. The van der Waals surface area contributed by atoms with Gasteiger partial charge in [0.15, 0.2) is 0 Å². The highest BCUT2D eigenvalue weighted by atomic mass is 79.9. The minimum Gasteiger partial charge on any atom is -0.497 e. The van der Waals surface area contributed by atoms with Gasteiger partial charge in [-0.1, -0.05) is 28.1 Å². The second-order valence-corrected chi connectivity index (χ2v) is 9.59. The van der Waals surface area contributed by atoms with Crippen LogP contribution in [0.5, 0.6) is 11.5 Å². The minimum absolute atomic E-state index is 0.0245. The van der Waals surface area contributed by atoms with Gasteiger partial charge < -0.3 is 14.8 Å². The molecule has 0 saturated heterocycles. The molecule has 0 spiro atoms. The van der Waals surface area contributed by atoms with E-state index < -0.39 is 22.5 Å². The van der Waals surface area contributed by atoms with Crippen molar-refractivity contribution in [3.05, 3.63) is 76.8 Å². The third-order valence-electron chi connectivity index (χ3n) is 4.73. The number of hydrogen-bond acceptors (Lipinski definition) is 5. The quantitative estimate of drug-likeness (QED) is 0.470. The van der Waals surface area contributed by atoms with Crippen molar-refractivity contribution in [2.45, 2.75) is 11.8 Å². The van der Waals surface area contributed by atoms with E-state index >= 15 is 0 Å². The summed E-state index contributed by atoms with van der Waals surface area (Å²) in [7, 11) is -1.14. The summed E-state index contributed by atoms with van der Waals surface area (Å²) in [5.74, 6) is 0.364. The molecule has 3 aromatic rings. The zero-order chi connectivity index (χ0) is 23.3. The summed E-state index contributed by atoms with van der Waals surface area (Å²) in [6.45, 7) is 1.46. The first-order chi connectivity index (χ1) is 15.3. The van der Waals surface area contributed by atoms with E-state index in [1.807, 2.05) is 13.0 Å². The van der Waals surface area contributed by atoms with Crippen LogP contribution in [0.25, 0.3) is 0 Å². The first kappa shape index (κ1) is 23.6. The molecule has 1 N–H and O–H groups in total. The van der Waals surface area contributed by atoms with Crippen LogP contribution in [-0.2, 0) is 14.8 Å². The Morgan fingerprint density at radius 3 is 2.31 bits per heavy atom. The van der Waals surface area contributed by atoms with E-state index in [9.17, 15) is 13.2 Å². The third kappa shape index (κ3) is 5.23. The lowest BCUT2D eigenvalue weighted by atomic mass is 10.2. The minimum atomic E-state index is -4.08. The maximum atomic E-state index is 13.5. The molecule has 0 heterocycles. The number of sulfonamides is 1. The molecule has 7 nitrogen and oxygen atoms in total. The van der Waals surface area contributed by atoms with Crippen molar-refractivity contribution >= 4 is 43.2 Å². The molecule has 0 aromatic heterocycles. The first-order valence-electron chi connectivity index (χ1n) is 9.62. The molecule has 0 aliphatic rings. The Labute approximate surface area is 196 Å². The maximum Gasteiger partial charge on any atom is 0.264 e. The summed E-state index contributed by atoms with van der Waals surface area (Å²) in [4.78, 5) is 12.9. The Bertz CT molecular complexity index is 1210. The highest BCUT2D eigenvalue weighted by Gasteiger charge is 2.29. The van der Waals surface area contributed by atoms with Gasteiger partial charge in [0.2, 0.25) is 5.91 Å². The van der Waals surface area contributed by atoms with E-state index in [0.717, 1.165) is 14.3 Å². The van der Waals surface area contributed by atoms with E-state index in [4.69, 9.17) is 9.47 Å². The number of amides is 1. The summed E-state index contributed by atoms with van der Waals surface area (Å²) in [6, 6.07) is 18.0. The number of ether oxygens (including phenoxy) is 2. The molecule has 0 aliphatic carbocycles. The number of anilines is 2. The predicted octanol–water partition coefficient (Wildman–Crippen LogP) is 4.61. The number of aryl methyl sites for hydroxylation is 1. The third-order valence-corrected chi connectivity index (χ3v) is 7.39. The fourth-order valence-electron chi connectivity index (χ4n) is 3.06. The lowest BCUT2D eigenvalue weighted by molar-refractivity contribution is -0.114. The summed E-state index contributed by atoms with van der Waals surface area (Å²) < 4.78 is 39.5. The van der Waals surface area contributed by atoms with Gasteiger partial charge in [-0.3, -0.25) is 9.10 Å². The van der Waals surface area contributed by atoms with Gasteiger partial charge in [-0.25, -0.2) is 8.42 Å². The highest BCUT2D eigenvalue weighted by Crippen LogP contribution is 2.32. The van der Waals surface area contributed by atoms with Gasteiger partial charge in [-0.05, 0) is 67.1 Å². The number of halogens is 1. The molecule has 0 radical (unpaired) electrons. The second kappa shape index (κ2) is 10.1. The van der Waals surface area contributed by atoms with Crippen LogP contribution >= 0.6 is 15.9 Å². The smallest absolute Gasteiger partial charge is 0.264 e. The lowest BCUT2D eigenvalue weighted by Crippen LogP contribution is -2.38. The number of nitrogens with one attached hydrogen (secondary N) is 1. The van der Waals surface area contributed by atoms with E-state index in [-0.39, 0.29) is 10.6 Å². The fraction of sp³-hybridized carbons (Fsp3) is 0.174. The number of methoxy groups -OCH3 is 2. The Morgan fingerprint density at radius 1 is 1.00 bits per heavy atom. The van der Waals surface area contributed by atoms with Crippen molar-refractivity contribution in [1.29, 1.82) is 0 Å². The molecule has 3 rings (SSSR count). The molecule has 9 heteroatoms. The maximum absolute atomic E-state index is 13.5. The van der Waals surface area contributed by atoms with Gasteiger partial charge >= 0.3 is 0 Å². The second-order valence-electron chi connectivity index (χ2n) is 6.87. The SMILES string of the molecule is COc1ccc(S(=O)(=O)N(CC(=O)Nc2ccc(Br)c(C)c2)c2ccccc2OC)cc1. The van der Waals surface area contributed by atoms with Gasteiger partial charge in [0.25, 0.3) is 10.0 Å². The first-order valence-corrected chi connectivity index (χ1v) is 11.9. The average Bonchev–Trinajstić information content (AvgIpc) is 2.80. The summed E-state index contributed by atoms with van der Waals surface area (Å²) in [5, 5.41) is 2.76. The van der Waals surface area contributed by atoms with Crippen molar-refractivity contribution in [2.75, 3.05) is 30.4 Å². The van der Waals surface area contributed by atoms with Crippen molar-refractivity contribution in [3.8, 4) is 11.5 Å². The Hall–Kier alpha value is -3.04. The highest BCUT2D eigenvalue weighted by molar-refractivity contribution is 9.10. The van der Waals surface area contributed by atoms with E-state index in [2.05, 4.69) is 21.2 Å². The molecule has 3 aromatic carbocycles. The summed E-state index contributed by atoms with van der Waals surface area (Å²) in [5.41, 5.74) is 1.76. The number of nitrogens with zero attached hydrogens (tertiary/aromatic N) is 1. The van der Waals surface area contributed by atoms with Crippen LogP contribution in [0.4, 0.5) is 11.4 Å². The Morgan fingerprint density at radius 2 is 1.69 bits per heavy atom. The molecule has 1 amide bonds. The van der Waals surface area contributed by atoms with Crippen LogP contribution in [-0.4, -0.2) is 35.1 Å². The topological polar surface area (TPSA) is 84.9 Å². The van der Waals surface area contributed by atoms with Crippen molar-refractivity contribution in [3.63, 3.8) is 0 Å². The van der Waals surface area contributed by atoms with E-state index in [0.29, 0.717) is 17.2 Å². The van der Waals surface area contributed by atoms with Crippen molar-refractivity contribution in [2.24, 2.45) is 0 Å². The molecule has 0 aliphatic heterocycles. The number of hydrogen-bond donors (Lipinski definition) is 1. The van der Waals surface area contributed by atoms with Crippen LogP contribution in [0.3, 0.4) is 0 Å². The molecule has 0 atom stereocenters. The van der Waals surface area contributed by atoms with Gasteiger partial charge in [0, 0.05) is 10.2 Å². The van der Waals surface area contributed by atoms with Crippen LogP contribution < -0.4 is 19.1 Å². The van der Waals surface area contributed by atoms with Gasteiger partial charge in [-0.2, -0.15) is 0 Å². The monoisotopic (exact) mass is 518 g/mol. The standard InChI is InChI=1S/C23H23BrN2O5S/c1-16-14-17(8-13-20(16)24)25-23(27)15-26(21-6-4-5-7-22(21)31-3)32(28,29)19-11-9-18(30-2)10-12-19/h4-14H,15H2,1-3H3,(H,25,27). The van der Waals surface area contributed by atoms with E-state index in [1.165, 1.54) is 26.4 Å². The summed E-state index contributed by atoms with van der Waals surface area (Å²) in [6.07, 6.45) is 0. The number of benzene rings is 3. The average molecular weight is 519 g/mol. The molecular weight excluding hydrogens is 496 g/mol. The largest absolute Gasteiger partial charge is 0.497 e. The zero-order valence-electron chi connectivity index (χ0n) is 17.8. The fourth-order valence-corrected chi connectivity index (χ4v) is 4.74. The van der Waals surface area contributed by atoms with Crippen LogP contribution in [0.2, 0.25) is 0 Å². The van der Waals surface area contributed by atoms with Crippen molar-refractivity contribution in [1.82, 2.24) is 0 Å². The Kier molecular flexibility index (Phi) is 7.42. The lowest BCUT2D eigenvalue weighted by Gasteiger charge is -2.25. The van der Waals surface area contributed by atoms with E-state index in [1.54, 1.807) is 48.5 Å². The molecule has 168 valence electrons.